The Kier molecular flexibility index (Phi) is 9.96. The Labute approximate surface area is 254 Å². The molecule has 3 N–H and O–H groups in total. The number of ether oxygens (including phenoxy) is 1. The van der Waals surface area contributed by atoms with Crippen LogP contribution in [-0.2, 0) is 31.1 Å². The van der Waals surface area contributed by atoms with Gasteiger partial charge < -0.3 is 15.4 Å². The predicted molar refractivity (Wildman–Crippen MR) is 156 cm³/mol. The number of carbonyl (C=O) groups excluding carboxylic acids is 1. The number of hydrogen-bond donors (Lipinski definition) is 3. The molecule has 1 saturated heterocycles. The van der Waals surface area contributed by atoms with Crippen LogP contribution in [0.2, 0.25) is 0 Å². The molecule has 0 spiro atoms. The van der Waals surface area contributed by atoms with E-state index in [1.807, 2.05) is 0 Å². The molecule has 0 unspecified atom stereocenters. The van der Waals surface area contributed by atoms with Crippen LogP contribution >= 0.6 is 11.3 Å². The lowest BCUT2D eigenvalue weighted by Crippen LogP contribution is -2.32. The molecule has 0 aliphatic carbocycles. The van der Waals surface area contributed by atoms with Crippen molar-refractivity contribution < 1.29 is 48.3 Å². The summed E-state index contributed by atoms with van der Waals surface area (Å²) in [4.78, 5) is 10.3. The van der Waals surface area contributed by atoms with Crippen molar-refractivity contribution in [2.75, 3.05) is 35.5 Å². The average Bonchev–Trinajstić information content (AvgIpc) is 3.25. The third-order valence-electron chi connectivity index (χ3n) is 6.49. The third-order valence-corrected chi connectivity index (χ3v) is 10.9. The van der Waals surface area contributed by atoms with E-state index in [2.05, 4.69) is 22.5 Å². The molecule has 1 amide bonds. The fraction of sp³-hybridized carbons (Fsp3) is 0.370. The molecule has 1 fully saturated rings. The largest absolute Gasteiger partial charge is 0.461 e. The van der Waals surface area contributed by atoms with Crippen LogP contribution in [0.5, 0.6) is 5.75 Å². The number of carbonyl (C=O) groups is 1. The summed E-state index contributed by atoms with van der Waals surface area (Å²) in [7, 11) is -7.72. The van der Waals surface area contributed by atoms with Crippen molar-refractivity contribution in [3.63, 3.8) is 0 Å². The zero-order valence-corrected chi connectivity index (χ0v) is 25.4. The predicted octanol–water partition coefficient (Wildman–Crippen LogP) is 4.73. The van der Waals surface area contributed by atoms with Crippen molar-refractivity contribution in [3.05, 3.63) is 46.6 Å². The van der Waals surface area contributed by atoms with Crippen molar-refractivity contribution in [1.29, 1.82) is 0 Å². The molecule has 1 aliphatic heterocycles. The number of anilines is 2. The number of thiophene rings is 1. The Bertz CT molecular complexity index is 1830. The molecule has 2 heterocycles. The molecule has 4 rings (SSSR count). The lowest BCUT2D eigenvalue weighted by Gasteiger charge is -2.24. The van der Waals surface area contributed by atoms with Gasteiger partial charge in [0.05, 0.1) is 45.4 Å². The molecule has 0 radical (unpaired) electrons. The summed E-state index contributed by atoms with van der Waals surface area (Å²) in [5, 5.41) is 6.24. The Balaban J connectivity index is 1.61. The second kappa shape index (κ2) is 13.2. The van der Waals surface area contributed by atoms with E-state index in [1.54, 1.807) is 22.9 Å². The third kappa shape index (κ3) is 8.30. The highest BCUT2D eigenvalue weighted by Crippen LogP contribution is 2.39. The van der Waals surface area contributed by atoms with Crippen molar-refractivity contribution in [3.8, 4) is 17.6 Å². The maximum atomic E-state index is 14.7. The number of sulfone groups is 1. The zero-order valence-electron chi connectivity index (χ0n) is 23.0. The van der Waals surface area contributed by atoms with Crippen molar-refractivity contribution in [2.45, 2.75) is 43.3 Å². The number of amides is 1. The molecule has 3 aromatic rings. The first kappa shape index (κ1) is 33.3. The van der Waals surface area contributed by atoms with Crippen LogP contribution in [0.3, 0.4) is 0 Å². The van der Waals surface area contributed by atoms with Gasteiger partial charge in [-0.2, -0.15) is 13.2 Å². The lowest BCUT2D eigenvalue weighted by atomic mass is 10.1. The van der Waals surface area contributed by atoms with Crippen LogP contribution in [0.25, 0.3) is 10.1 Å². The number of halogens is 5. The first-order valence-electron chi connectivity index (χ1n) is 12.9. The van der Waals surface area contributed by atoms with Crippen LogP contribution in [0.1, 0.15) is 30.2 Å². The highest BCUT2D eigenvalue weighted by atomic mass is 32.2. The minimum Gasteiger partial charge on any atom is -0.461 e. The van der Waals surface area contributed by atoms with E-state index in [0.29, 0.717) is 40.7 Å². The lowest BCUT2D eigenvalue weighted by molar-refractivity contribution is -0.127. The summed E-state index contributed by atoms with van der Waals surface area (Å²) in [6.07, 6.45) is -5.06. The summed E-state index contributed by atoms with van der Waals surface area (Å²) < 4.78 is 123. The molecule has 1 aliphatic rings. The maximum absolute atomic E-state index is 14.7. The van der Waals surface area contributed by atoms with Gasteiger partial charge in [0.2, 0.25) is 12.8 Å². The van der Waals surface area contributed by atoms with Gasteiger partial charge in [-0.15, -0.1) is 11.3 Å². The molecule has 0 bridgehead atoms. The first-order chi connectivity index (χ1) is 20.6. The standard InChI is InChI=1S/C27H26F5N3O6S3/c1-16(36)35-44(39,40)25-13-23(41-15-28)22(12-20(25)29)33-9-3-6-24-19(14-27(30,31)32)18-4-2-5-21(26(18)42-24)34-17-7-10-43(37,38)11-8-17/h2,4-5,12-13,17,33-34H,7-11,14-15H2,1H3,(H,35,36). The van der Waals surface area contributed by atoms with Gasteiger partial charge in [-0.1, -0.05) is 24.0 Å². The molecule has 0 atom stereocenters. The highest BCUT2D eigenvalue weighted by molar-refractivity contribution is 7.91. The summed E-state index contributed by atoms with van der Waals surface area (Å²) in [5.41, 5.74) is 0.327. The van der Waals surface area contributed by atoms with Gasteiger partial charge in [0, 0.05) is 25.1 Å². The molecule has 44 heavy (non-hydrogen) atoms. The number of benzene rings is 2. The van der Waals surface area contributed by atoms with Gasteiger partial charge in [0.25, 0.3) is 10.0 Å². The van der Waals surface area contributed by atoms with E-state index in [9.17, 15) is 43.6 Å². The molecular weight excluding hydrogens is 654 g/mol. The fourth-order valence-electron chi connectivity index (χ4n) is 4.58. The molecule has 17 heteroatoms. The smallest absolute Gasteiger partial charge is 0.393 e. The number of nitrogens with one attached hydrogen (secondary N) is 3. The number of sulfonamides is 1. The SMILES string of the molecule is CC(=O)NS(=O)(=O)c1cc(OCF)c(NCC#Cc2sc3c(NC4CCS(=O)(=O)CC4)cccc3c2CC(F)(F)F)cc1F. The van der Waals surface area contributed by atoms with Gasteiger partial charge in [0.15, 0.2) is 0 Å². The van der Waals surface area contributed by atoms with E-state index in [4.69, 9.17) is 4.74 Å². The van der Waals surface area contributed by atoms with Gasteiger partial charge >= 0.3 is 6.18 Å². The zero-order chi connectivity index (χ0) is 32.3. The monoisotopic (exact) mass is 679 g/mol. The Morgan fingerprint density at radius 2 is 1.86 bits per heavy atom. The second-order valence-electron chi connectivity index (χ2n) is 9.80. The van der Waals surface area contributed by atoms with Crippen molar-refractivity contribution in [1.82, 2.24) is 4.72 Å². The molecular formula is C27H26F5N3O6S3. The summed E-state index contributed by atoms with van der Waals surface area (Å²) >= 11 is 1.03. The quantitative estimate of drug-likeness (QED) is 0.219. The summed E-state index contributed by atoms with van der Waals surface area (Å²) in [6.45, 7) is -0.773. The van der Waals surface area contributed by atoms with Crippen LogP contribution in [0, 0.1) is 17.7 Å². The number of fused-ring (bicyclic) bond motifs is 1. The normalized spacial score (nSPS) is 15.3. The van der Waals surface area contributed by atoms with Gasteiger partial charge in [0.1, 0.15) is 26.3 Å². The molecule has 1 aromatic heterocycles. The van der Waals surface area contributed by atoms with Crippen LogP contribution in [0.15, 0.2) is 35.2 Å². The first-order valence-corrected chi connectivity index (χ1v) is 17.1. The Morgan fingerprint density at radius 3 is 2.50 bits per heavy atom. The van der Waals surface area contributed by atoms with E-state index < -0.39 is 61.7 Å². The number of rotatable bonds is 9. The molecule has 9 nitrogen and oxygen atoms in total. The van der Waals surface area contributed by atoms with Crippen LogP contribution in [0.4, 0.5) is 33.3 Å². The van der Waals surface area contributed by atoms with Crippen molar-refractivity contribution in [2.24, 2.45) is 0 Å². The average molecular weight is 680 g/mol. The molecule has 2 aromatic carbocycles. The van der Waals surface area contributed by atoms with Crippen molar-refractivity contribution >= 4 is 58.6 Å². The number of hydrogen-bond acceptors (Lipinski definition) is 9. The van der Waals surface area contributed by atoms with E-state index >= 15 is 0 Å². The minimum absolute atomic E-state index is 0.0178. The van der Waals surface area contributed by atoms with E-state index in [-0.39, 0.29) is 40.2 Å². The van der Waals surface area contributed by atoms with Gasteiger partial charge in [-0.05, 0) is 29.9 Å². The Hall–Kier alpha value is -3.62. The molecule has 238 valence electrons. The van der Waals surface area contributed by atoms with Gasteiger partial charge in [-0.3, -0.25) is 4.79 Å². The maximum Gasteiger partial charge on any atom is 0.393 e. The summed E-state index contributed by atoms with van der Waals surface area (Å²) in [6, 6.07) is 6.06. The summed E-state index contributed by atoms with van der Waals surface area (Å²) in [5.74, 6) is 2.72. The van der Waals surface area contributed by atoms with Crippen LogP contribution in [-0.4, -0.2) is 59.9 Å². The second-order valence-corrected chi connectivity index (χ2v) is 14.8. The minimum atomic E-state index is -4.62. The number of alkyl halides is 4. The topological polar surface area (TPSA) is 131 Å². The van der Waals surface area contributed by atoms with Crippen LogP contribution < -0.4 is 20.1 Å². The molecule has 0 saturated carbocycles. The van der Waals surface area contributed by atoms with E-state index in [1.165, 1.54) is 0 Å². The van der Waals surface area contributed by atoms with E-state index in [0.717, 1.165) is 18.3 Å². The van der Waals surface area contributed by atoms with Gasteiger partial charge in [-0.25, -0.2) is 30.3 Å². The Morgan fingerprint density at radius 1 is 1.16 bits per heavy atom. The fourth-order valence-corrected chi connectivity index (χ4v) is 8.31. The highest BCUT2D eigenvalue weighted by Gasteiger charge is 2.31.